The first-order chi connectivity index (χ1) is 12.7. The lowest BCUT2D eigenvalue weighted by Crippen LogP contribution is -2.50. The maximum absolute atomic E-state index is 13.2. The van der Waals surface area contributed by atoms with Gasteiger partial charge in [0.15, 0.2) is 11.6 Å². The second kappa shape index (κ2) is 7.42. The summed E-state index contributed by atoms with van der Waals surface area (Å²) in [5.74, 6) is -2.08. The van der Waals surface area contributed by atoms with E-state index >= 15 is 0 Å². The van der Waals surface area contributed by atoms with E-state index in [1.165, 1.54) is 17.0 Å². The number of carbonyl (C=O) groups is 1. The molecule has 0 saturated carbocycles. The van der Waals surface area contributed by atoms with E-state index in [2.05, 4.69) is 5.32 Å². The van der Waals surface area contributed by atoms with E-state index in [0.717, 1.165) is 24.3 Å². The van der Waals surface area contributed by atoms with Crippen molar-refractivity contribution in [1.82, 2.24) is 4.90 Å². The zero-order valence-corrected chi connectivity index (χ0v) is 14.1. The molecule has 9 heteroatoms. The number of hydrogen-bond donors (Lipinski definition) is 1. The molecule has 1 N–H and O–H groups in total. The van der Waals surface area contributed by atoms with Crippen LogP contribution in [0.2, 0.25) is 0 Å². The summed E-state index contributed by atoms with van der Waals surface area (Å²) in [5.41, 5.74) is -0.164. The summed E-state index contributed by atoms with van der Waals surface area (Å²) in [5, 5.41) is 2.48. The lowest BCUT2D eigenvalue weighted by Gasteiger charge is -2.36. The van der Waals surface area contributed by atoms with Gasteiger partial charge in [0.25, 0.3) is 0 Å². The monoisotopic (exact) mass is 385 g/mol. The van der Waals surface area contributed by atoms with Crippen molar-refractivity contribution >= 4 is 17.4 Å². The Kier molecular flexibility index (Phi) is 5.20. The topological polar surface area (TPSA) is 35.6 Å². The van der Waals surface area contributed by atoms with Crippen molar-refractivity contribution in [3.05, 3.63) is 59.7 Å². The van der Waals surface area contributed by atoms with E-state index in [-0.39, 0.29) is 18.8 Å². The van der Waals surface area contributed by atoms with Crippen molar-refractivity contribution in [2.45, 2.75) is 6.18 Å². The molecule has 27 heavy (non-hydrogen) atoms. The molecule has 4 nitrogen and oxygen atoms in total. The van der Waals surface area contributed by atoms with E-state index in [9.17, 15) is 26.7 Å². The van der Waals surface area contributed by atoms with Gasteiger partial charge in [-0.3, -0.25) is 0 Å². The Morgan fingerprint density at radius 2 is 1.63 bits per heavy atom. The second-order valence-electron chi connectivity index (χ2n) is 6.08. The Labute approximate surface area is 152 Å². The first-order valence-electron chi connectivity index (χ1n) is 8.17. The van der Waals surface area contributed by atoms with Gasteiger partial charge in [-0.25, -0.2) is 13.6 Å². The van der Waals surface area contributed by atoms with E-state index < -0.39 is 29.4 Å². The number of piperazine rings is 1. The average molecular weight is 385 g/mol. The summed E-state index contributed by atoms with van der Waals surface area (Å²) in [4.78, 5) is 15.4. The Bertz CT molecular complexity index is 832. The van der Waals surface area contributed by atoms with Gasteiger partial charge < -0.3 is 15.1 Å². The molecule has 0 radical (unpaired) electrons. The summed E-state index contributed by atoms with van der Waals surface area (Å²) in [7, 11) is 0. The minimum Gasteiger partial charge on any atom is -0.368 e. The molecule has 0 unspecified atom stereocenters. The Morgan fingerprint density at radius 3 is 2.26 bits per heavy atom. The van der Waals surface area contributed by atoms with Crippen molar-refractivity contribution in [2.75, 3.05) is 36.4 Å². The van der Waals surface area contributed by atoms with Crippen molar-refractivity contribution < 1.29 is 26.7 Å². The molecule has 1 aliphatic heterocycles. The molecule has 2 amide bonds. The minimum atomic E-state index is -4.41. The van der Waals surface area contributed by atoms with Gasteiger partial charge >= 0.3 is 12.2 Å². The summed E-state index contributed by atoms with van der Waals surface area (Å²) in [6, 6.07) is 7.58. The number of benzene rings is 2. The molecule has 2 aromatic rings. The zero-order chi connectivity index (χ0) is 19.6. The number of urea groups is 1. The number of alkyl halides is 3. The summed E-state index contributed by atoms with van der Waals surface area (Å²) >= 11 is 0. The van der Waals surface area contributed by atoms with E-state index in [1.807, 2.05) is 0 Å². The first kappa shape index (κ1) is 18.9. The number of amides is 2. The average Bonchev–Trinajstić information content (AvgIpc) is 2.64. The Balaban J connectivity index is 1.60. The van der Waals surface area contributed by atoms with Crippen LogP contribution in [0.15, 0.2) is 42.5 Å². The van der Waals surface area contributed by atoms with Crippen LogP contribution in [0.3, 0.4) is 0 Å². The van der Waals surface area contributed by atoms with Crippen LogP contribution in [-0.4, -0.2) is 37.1 Å². The number of carbonyl (C=O) groups excluding carboxylic acids is 1. The molecule has 1 saturated heterocycles. The summed E-state index contributed by atoms with van der Waals surface area (Å²) in [6.07, 6.45) is -4.41. The molecule has 0 spiro atoms. The Morgan fingerprint density at radius 1 is 0.926 bits per heavy atom. The highest BCUT2D eigenvalue weighted by Crippen LogP contribution is 2.31. The standard InChI is InChI=1S/C18H16F5N3O/c19-15-5-4-13(11-16(15)20)24-17(27)26-8-6-25(7-9-26)14-3-1-2-12(10-14)18(21,22)23/h1-5,10-11H,6-9H2,(H,24,27). The largest absolute Gasteiger partial charge is 0.416 e. The first-order valence-corrected chi connectivity index (χ1v) is 8.17. The molecule has 3 rings (SSSR count). The van der Waals surface area contributed by atoms with Gasteiger partial charge in [-0.1, -0.05) is 6.07 Å². The maximum atomic E-state index is 13.2. The fourth-order valence-electron chi connectivity index (χ4n) is 2.82. The van der Waals surface area contributed by atoms with Gasteiger partial charge in [-0.15, -0.1) is 0 Å². The van der Waals surface area contributed by atoms with Crippen LogP contribution >= 0.6 is 0 Å². The van der Waals surface area contributed by atoms with Crippen LogP contribution in [0.25, 0.3) is 0 Å². The van der Waals surface area contributed by atoms with Gasteiger partial charge in [0.2, 0.25) is 0 Å². The summed E-state index contributed by atoms with van der Waals surface area (Å²) < 4.78 is 64.6. The normalized spacial score (nSPS) is 15.0. The number of hydrogen-bond acceptors (Lipinski definition) is 2. The van der Waals surface area contributed by atoms with E-state index in [0.29, 0.717) is 18.8 Å². The van der Waals surface area contributed by atoms with Crippen molar-refractivity contribution in [3.63, 3.8) is 0 Å². The highest BCUT2D eigenvalue weighted by atomic mass is 19.4. The quantitative estimate of drug-likeness (QED) is 0.781. The van der Waals surface area contributed by atoms with Gasteiger partial charge in [0, 0.05) is 43.6 Å². The molecule has 1 heterocycles. The number of halogens is 5. The fraction of sp³-hybridized carbons (Fsp3) is 0.278. The van der Waals surface area contributed by atoms with E-state index in [1.54, 1.807) is 11.0 Å². The predicted molar refractivity (Wildman–Crippen MR) is 90.6 cm³/mol. The number of anilines is 2. The minimum absolute atomic E-state index is 0.124. The van der Waals surface area contributed by atoms with Crippen LogP contribution in [0.1, 0.15) is 5.56 Å². The molecule has 2 aromatic carbocycles. The Hall–Kier alpha value is -2.84. The van der Waals surface area contributed by atoms with Gasteiger partial charge in [0.1, 0.15) is 0 Å². The van der Waals surface area contributed by atoms with Crippen molar-refractivity contribution in [2.24, 2.45) is 0 Å². The molecule has 0 bridgehead atoms. The molecule has 0 aliphatic carbocycles. The smallest absolute Gasteiger partial charge is 0.368 e. The van der Waals surface area contributed by atoms with E-state index in [4.69, 9.17) is 0 Å². The highest BCUT2D eigenvalue weighted by Gasteiger charge is 2.31. The van der Waals surface area contributed by atoms with Crippen LogP contribution < -0.4 is 10.2 Å². The zero-order valence-electron chi connectivity index (χ0n) is 14.1. The van der Waals surface area contributed by atoms with Crippen molar-refractivity contribution in [1.29, 1.82) is 0 Å². The fourth-order valence-corrected chi connectivity index (χ4v) is 2.82. The third-order valence-electron chi connectivity index (χ3n) is 4.28. The van der Waals surface area contributed by atoms with Crippen LogP contribution in [0, 0.1) is 11.6 Å². The van der Waals surface area contributed by atoms with Gasteiger partial charge in [-0.2, -0.15) is 13.2 Å². The maximum Gasteiger partial charge on any atom is 0.416 e. The predicted octanol–water partition coefficient (Wildman–Crippen LogP) is 4.34. The number of rotatable bonds is 2. The number of nitrogens with zero attached hydrogens (tertiary/aromatic N) is 2. The number of nitrogens with one attached hydrogen (secondary N) is 1. The highest BCUT2D eigenvalue weighted by molar-refractivity contribution is 5.89. The molecular weight excluding hydrogens is 369 g/mol. The van der Waals surface area contributed by atoms with Gasteiger partial charge in [-0.05, 0) is 30.3 Å². The third-order valence-corrected chi connectivity index (χ3v) is 4.28. The second-order valence-corrected chi connectivity index (χ2v) is 6.08. The van der Waals surface area contributed by atoms with Gasteiger partial charge in [0.05, 0.1) is 5.56 Å². The lowest BCUT2D eigenvalue weighted by atomic mass is 10.1. The molecule has 1 aliphatic rings. The molecular formula is C18H16F5N3O. The van der Waals surface area contributed by atoms with Crippen molar-refractivity contribution in [3.8, 4) is 0 Å². The molecule has 0 aromatic heterocycles. The molecule has 0 atom stereocenters. The SMILES string of the molecule is O=C(Nc1ccc(F)c(F)c1)N1CCN(c2cccc(C(F)(F)F)c2)CC1. The molecule has 144 valence electrons. The van der Waals surface area contributed by atoms with Crippen LogP contribution in [-0.2, 0) is 6.18 Å². The third kappa shape index (κ3) is 4.47. The lowest BCUT2D eigenvalue weighted by molar-refractivity contribution is -0.137. The van der Waals surface area contributed by atoms with Crippen LogP contribution in [0.5, 0.6) is 0 Å². The molecule has 1 fully saturated rings. The summed E-state index contributed by atoms with van der Waals surface area (Å²) in [6.45, 7) is 1.27. The van der Waals surface area contributed by atoms with Crippen LogP contribution in [0.4, 0.5) is 38.1 Å².